The van der Waals surface area contributed by atoms with Crippen molar-refractivity contribution in [2.45, 2.75) is 40.7 Å². The number of aliphatic imine (C=N–C) groups is 1. The molecule has 0 bridgehead atoms. The average Bonchev–Trinajstić information content (AvgIpc) is 2.70. The highest BCUT2D eigenvalue weighted by Crippen LogP contribution is 2.13. The summed E-state index contributed by atoms with van der Waals surface area (Å²) in [7, 11) is 0. The van der Waals surface area contributed by atoms with Gasteiger partial charge in [-0.15, -0.1) is 0 Å². The Labute approximate surface area is 177 Å². The molecule has 1 heterocycles. The summed E-state index contributed by atoms with van der Waals surface area (Å²) in [6.07, 6.45) is 0.0629. The number of piperazine rings is 1. The maximum Gasteiger partial charge on any atom is 0.191 e. The van der Waals surface area contributed by atoms with Gasteiger partial charge >= 0.3 is 0 Å². The quantitative estimate of drug-likeness (QED) is 0.465. The maximum atomic E-state index is 6.01. The first-order chi connectivity index (χ1) is 14.0. The van der Waals surface area contributed by atoms with E-state index in [2.05, 4.69) is 67.2 Å². The Morgan fingerprint density at radius 3 is 2.48 bits per heavy atom. The van der Waals surface area contributed by atoms with Gasteiger partial charge in [0, 0.05) is 45.8 Å². The molecule has 1 aliphatic rings. The second-order valence-corrected chi connectivity index (χ2v) is 8.19. The average molecular weight is 404 g/mol. The molecule has 1 aromatic rings. The molecular weight excluding hydrogens is 362 g/mol. The maximum absolute atomic E-state index is 6.01. The summed E-state index contributed by atoms with van der Waals surface area (Å²) >= 11 is 0. The van der Waals surface area contributed by atoms with Crippen LogP contribution in [-0.2, 0) is 0 Å². The molecule has 2 unspecified atom stereocenters. The van der Waals surface area contributed by atoms with Crippen LogP contribution in [0.15, 0.2) is 29.3 Å². The van der Waals surface area contributed by atoms with E-state index in [-0.39, 0.29) is 6.10 Å². The fourth-order valence-electron chi connectivity index (χ4n) is 3.58. The molecule has 29 heavy (non-hydrogen) atoms. The summed E-state index contributed by atoms with van der Waals surface area (Å²) < 4.78 is 6.01. The Bertz CT molecular complexity index is 613. The first kappa shape index (κ1) is 23.5. The van der Waals surface area contributed by atoms with Crippen LogP contribution in [0.1, 0.15) is 33.3 Å². The van der Waals surface area contributed by atoms with E-state index in [0.717, 1.165) is 37.9 Å². The lowest BCUT2D eigenvalue weighted by Gasteiger charge is -2.35. The predicted octanol–water partition coefficient (Wildman–Crippen LogP) is 2.59. The fourth-order valence-corrected chi connectivity index (χ4v) is 3.58. The summed E-state index contributed by atoms with van der Waals surface area (Å²) in [6.45, 7) is 20.2. The van der Waals surface area contributed by atoms with Gasteiger partial charge in [-0.25, -0.2) is 0 Å². The minimum absolute atomic E-state index is 0.0629. The summed E-state index contributed by atoms with van der Waals surface area (Å²) in [5.74, 6) is 2.33. The standard InChI is InChI=1S/C23H41N5O/c1-6-24-23(26-17-21(5)29-22-10-8-9-19(3)15-22)25-16-20(4)18-28-13-11-27(7-2)12-14-28/h8-10,15,20-21H,6-7,11-14,16-18H2,1-5H3,(H2,24,25,26). The number of nitrogens with zero attached hydrogens (tertiary/aromatic N) is 3. The molecule has 2 atom stereocenters. The van der Waals surface area contributed by atoms with Gasteiger partial charge in [-0.05, 0) is 50.9 Å². The lowest BCUT2D eigenvalue weighted by atomic mass is 10.1. The van der Waals surface area contributed by atoms with Crippen LogP contribution in [0.5, 0.6) is 5.75 Å². The molecule has 164 valence electrons. The van der Waals surface area contributed by atoms with Gasteiger partial charge in [0.15, 0.2) is 5.96 Å². The first-order valence-electron chi connectivity index (χ1n) is 11.2. The Hall–Kier alpha value is -1.79. The van der Waals surface area contributed by atoms with Crippen LogP contribution >= 0.6 is 0 Å². The SMILES string of the molecule is CCNC(=NCC(C)CN1CCN(CC)CC1)NCC(C)Oc1cccc(C)c1. The topological polar surface area (TPSA) is 52.1 Å². The number of rotatable bonds is 10. The summed E-state index contributed by atoms with van der Waals surface area (Å²) in [5, 5.41) is 6.77. The molecule has 6 heteroatoms. The number of ether oxygens (including phenoxy) is 1. The smallest absolute Gasteiger partial charge is 0.191 e. The molecule has 1 aromatic carbocycles. The van der Waals surface area contributed by atoms with Crippen molar-refractivity contribution in [3.63, 3.8) is 0 Å². The molecule has 1 fully saturated rings. The normalized spacial score (nSPS) is 18.3. The van der Waals surface area contributed by atoms with E-state index in [0.29, 0.717) is 12.5 Å². The second kappa shape index (κ2) is 12.7. The molecule has 2 N–H and O–H groups in total. The highest BCUT2D eigenvalue weighted by molar-refractivity contribution is 5.79. The zero-order valence-corrected chi connectivity index (χ0v) is 19.1. The second-order valence-electron chi connectivity index (χ2n) is 8.19. The van der Waals surface area contributed by atoms with E-state index < -0.39 is 0 Å². The van der Waals surface area contributed by atoms with E-state index in [1.807, 2.05) is 12.1 Å². The number of hydrogen-bond donors (Lipinski definition) is 2. The molecule has 1 aliphatic heterocycles. The zero-order chi connectivity index (χ0) is 21.1. The third-order valence-corrected chi connectivity index (χ3v) is 5.27. The molecule has 2 rings (SSSR count). The molecule has 0 aromatic heterocycles. The largest absolute Gasteiger partial charge is 0.489 e. The van der Waals surface area contributed by atoms with Crippen LogP contribution in [0.25, 0.3) is 0 Å². The van der Waals surface area contributed by atoms with Gasteiger partial charge in [0.05, 0.1) is 6.54 Å². The van der Waals surface area contributed by atoms with Gasteiger partial charge in [-0.3, -0.25) is 4.99 Å². The Morgan fingerprint density at radius 1 is 1.10 bits per heavy atom. The Kier molecular flexibility index (Phi) is 10.3. The molecule has 1 saturated heterocycles. The van der Waals surface area contributed by atoms with Crippen LogP contribution in [0.2, 0.25) is 0 Å². The van der Waals surface area contributed by atoms with Crippen molar-refractivity contribution in [1.82, 2.24) is 20.4 Å². The number of aryl methyl sites for hydroxylation is 1. The molecule has 0 spiro atoms. The van der Waals surface area contributed by atoms with Gasteiger partial charge in [0.2, 0.25) is 0 Å². The number of benzene rings is 1. The molecule has 0 aliphatic carbocycles. The van der Waals surface area contributed by atoms with Crippen molar-refractivity contribution in [2.24, 2.45) is 10.9 Å². The van der Waals surface area contributed by atoms with Gasteiger partial charge in [0.1, 0.15) is 11.9 Å². The minimum atomic E-state index is 0.0629. The summed E-state index contributed by atoms with van der Waals surface area (Å²) in [6, 6.07) is 8.18. The molecular formula is C23H41N5O. The van der Waals surface area contributed by atoms with Crippen LogP contribution in [0.4, 0.5) is 0 Å². The van der Waals surface area contributed by atoms with Crippen LogP contribution in [0, 0.1) is 12.8 Å². The zero-order valence-electron chi connectivity index (χ0n) is 19.1. The van der Waals surface area contributed by atoms with Crippen molar-refractivity contribution in [2.75, 3.05) is 58.9 Å². The van der Waals surface area contributed by atoms with E-state index >= 15 is 0 Å². The van der Waals surface area contributed by atoms with E-state index in [1.54, 1.807) is 0 Å². The van der Waals surface area contributed by atoms with Crippen molar-refractivity contribution < 1.29 is 4.74 Å². The van der Waals surface area contributed by atoms with Crippen LogP contribution < -0.4 is 15.4 Å². The molecule has 0 amide bonds. The number of hydrogen-bond acceptors (Lipinski definition) is 4. The summed E-state index contributed by atoms with van der Waals surface area (Å²) in [5.41, 5.74) is 1.21. The molecule has 0 radical (unpaired) electrons. The summed E-state index contributed by atoms with van der Waals surface area (Å²) in [4.78, 5) is 9.90. The third kappa shape index (κ3) is 9.05. The van der Waals surface area contributed by atoms with Crippen molar-refractivity contribution >= 4 is 5.96 Å². The van der Waals surface area contributed by atoms with E-state index in [9.17, 15) is 0 Å². The lowest BCUT2D eigenvalue weighted by molar-refractivity contribution is 0.125. The molecule has 6 nitrogen and oxygen atoms in total. The fraction of sp³-hybridized carbons (Fsp3) is 0.696. The van der Waals surface area contributed by atoms with Gasteiger partial charge in [-0.2, -0.15) is 0 Å². The highest BCUT2D eigenvalue weighted by atomic mass is 16.5. The van der Waals surface area contributed by atoms with Gasteiger partial charge in [0.25, 0.3) is 0 Å². The Morgan fingerprint density at radius 2 is 1.83 bits per heavy atom. The highest BCUT2D eigenvalue weighted by Gasteiger charge is 2.17. The number of nitrogens with one attached hydrogen (secondary N) is 2. The Balaban J connectivity index is 1.75. The van der Waals surface area contributed by atoms with Crippen LogP contribution in [-0.4, -0.2) is 80.8 Å². The first-order valence-corrected chi connectivity index (χ1v) is 11.2. The van der Waals surface area contributed by atoms with Crippen molar-refractivity contribution in [3.05, 3.63) is 29.8 Å². The molecule has 0 saturated carbocycles. The lowest BCUT2D eigenvalue weighted by Crippen LogP contribution is -2.47. The van der Waals surface area contributed by atoms with Crippen molar-refractivity contribution in [3.8, 4) is 5.75 Å². The van der Waals surface area contributed by atoms with E-state index in [4.69, 9.17) is 9.73 Å². The number of likely N-dealkylation sites (N-methyl/N-ethyl adjacent to an activating group) is 1. The van der Waals surface area contributed by atoms with Gasteiger partial charge in [-0.1, -0.05) is 26.0 Å². The monoisotopic (exact) mass is 403 g/mol. The van der Waals surface area contributed by atoms with Crippen LogP contribution in [0.3, 0.4) is 0 Å². The van der Waals surface area contributed by atoms with Crippen molar-refractivity contribution in [1.29, 1.82) is 0 Å². The van der Waals surface area contributed by atoms with Gasteiger partial charge < -0.3 is 25.2 Å². The third-order valence-electron chi connectivity index (χ3n) is 5.27. The predicted molar refractivity (Wildman–Crippen MR) is 123 cm³/mol. The van der Waals surface area contributed by atoms with E-state index in [1.165, 1.54) is 31.7 Å². The number of guanidine groups is 1. The minimum Gasteiger partial charge on any atom is -0.489 e.